The van der Waals surface area contributed by atoms with E-state index in [2.05, 4.69) is 20.8 Å². The molecule has 1 aromatic heterocycles. The van der Waals surface area contributed by atoms with Crippen LogP contribution >= 0.6 is 22.9 Å². The summed E-state index contributed by atoms with van der Waals surface area (Å²) < 4.78 is 0.908. The summed E-state index contributed by atoms with van der Waals surface area (Å²) in [6, 6.07) is 4.17. The van der Waals surface area contributed by atoms with Gasteiger partial charge in [0, 0.05) is 50.7 Å². The van der Waals surface area contributed by atoms with Gasteiger partial charge >= 0.3 is 0 Å². The maximum absolute atomic E-state index is 6.00. The number of likely N-dealkylation sites (tertiary alicyclic amines) is 1. The fourth-order valence-corrected chi connectivity index (χ4v) is 4.42. The predicted molar refractivity (Wildman–Crippen MR) is 91.3 cm³/mol. The fraction of sp³-hybridized carbons (Fsp3) is 0.750. The summed E-state index contributed by atoms with van der Waals surface area (Å²) in [5, 5.41) is 0. The molecular formula is C16H26ClN3S. The number of nitrogens with zero attached hydrogens (tertiary/aromatic N) is 3. The number of hydrogen-bond acceptors (Lipinski definition) is 4. The maximum Gasteiger partial charge on any atom is 0.0931 e. The Hall–Kier alpha value is -0.130. The number of thiophene rings is 1. The van der Waals surface area contributed by atoms with Crippen molar-refractivity contribution in [3.05, 3.63) is 21.3 Å². The number of piperazine rings is 1. The van der Waals surface area contributed by atoms with Crippen molar-refractivity contribution >= 4 is 22.9 Å². The minimum absolute atomic E-state index is 0.908. The zero-order valence-electron chi connectivity index (χ0n) is 12.8. The highest BCUT2D eigenvalue weighted by atomic mass is 35.5. The molecule has 0 aromatic carbocycles. The lowest BCUT2D eigenvalue weighted by Gasteiger charge is -2.36. The molecule has 2 fully saturated rings. The number of piperidine rings is 1. The second-order valence-corrected chi connectivity index (χ2v) is 8.03. The number of hydrogen-bond donors (Lipinski definition) is 0. The molecular weight excluding hydrogens is 302 g/mol. The molecule has 3 nitrogen and oxygen atoms in total. The Morgan fingerprint density at radius 2 is 1.43 bits per heavy atom. The van der Waals surface area contributed by atoms with Crippen LogP contribution in [0.1, 0.15) is 24.1 Å². The minimum atomic E-state index is 0.908. The van der Waals surface area contributed by atoms with Crippen molar-refractivity contribution in [1.29, 1.82) is 0 Å². The highest BCUT2D eigenvalue weighted by Gasteiger charge is 2.18. The van der Waals surface area contributed by atoms with E-state index >= 15 is 0 Å². The molecule has 0 N–H and O–H groups in total. The maximum atomic E-state index is 6.00. The van der Waals surface area contributed by atoms with Crippen LogP contribution in [0.3, 0.4) is 0 Å². The van der Waals surface area contributed by atoms with Gasteiger partial charge < -0.3 is 4.90 Å². The van der Waals surface area contributed by atoms with Crippen molar-refractivity contribution in [2.45, 2.75) is 25.8 Å². The van der Waals surface area contributed by atoms with E-state index in [4.69, 9.17) is 11.6 Å². The third-order valence-corrected chi connectivity index (χ3v) is 5.87. The first-order valence-electron chi connectivity index (χ1n) is 8.21. The van der Waals surface area contributed by atoms with Gasteiger partial charge in [0.25, 0.3) is 0 Å². The lowest BCUT2D eigenvalue weighted by molar-refractivity contribution is 0.110. The molecule has 21 heavy (non-hydrogen) atoms. The first-order valence-corrected chi connectivity index (χ1v) is 9.40. The van der Waals surface area contributed by atoms with Gasteiger partial charge in [0.05, 0.1) is 4.34 Å². The van der Waals surface area contributed by atoms with Gasteiger partial charge in [0.15, 0.2) is 0 Å². The first-order chi connectivity index (χ1) is 10.3. The Balaban J connectivity index is 1.34. The van der Waals surface area contributed by atoms with E-state index in [1.54, 1.807) is 11.3 Å². The zero-order chi connectivity index (χ0) is 14.5. The third kappa shape index (κ3) is 4.93. The van der Waals surface area contributed by atoms with Crippen molar-refractivity contribution in [3.63, 3.8) is 0 Å². The standard InChI is InChI=1S/C16H26ClN3S/c17-16-5-4-15(21-16)14-20-12-10-19(11-13-20)9-8-18-6-2-1-3-7-18/h4-5H,1-3,6-14H2. The molecule has 0 radical (unpaired) electrons. The first kappa shape index (κ1) is 15.8. The Bertz CT molecular complexity index is 423. The molecule has 2 aliphatic heterocycles. The van der Waals surface area contributed by atoms with Crippen LogP contribution < -0.4 is 0 Å². The smallest absolute Gasteiger partial charge is 0.0931 e. The van der Waals surface area contributed by atoms with E-state index in [0.717, 1.165) is 10.9 Å². The summed E-state index contributed by atoms with van der Waals surface area (Å²) >= 11 is 7.72. The molecule has 0 atom stereocenters. The van der Waals surface area contributed by atoms with Crippen LogP contribution in [-0.4, -0.2) is 67.1 Å². The highest BCUT2D eigenvalue weighted by Crippen LogP contribution is 2.23. The summed E-state index contributed by atoms with van der Waals surface area (Å²) in [6.07, 6.45) is 4.23. The molecule has 0 aliphatic carbocycles. The van der Waals surface area contributed by atoms with E-state index in [-0.39, 0.29) is 0 Å². The lowest BCUT2D eigenvalue weighted by atomic mass is 10.1. The van der Waals surface area contributed by atoms with E-state index in [9.17, 15) is 0 Å². The molecule has 3 rings (SSSR count). The van der Waals surface area contributed by atoms with Crippen LogP contribution in [0.4, 0.5) is 0 Å². The molecule has 118 valence electrons. The fourth-order valence-electron chi connectivity index (χ4n) is 3.29. The van der Waals surface area contributed by atoms with Gasteiger partial charge in [-0.05, 0) is 38.1 Å². The molecule has 0 bridgehead atoms. The van der Waals surface area contributed by atoms with Crippen molar-refractivity contribution < 1.29 is 0 Å². The van der Waals surface area contributed by atoms with Crippen LogP contribution in [0.15, 0.2) is 12.1 Å². The summed E-state index contributed by atoms with van der Waals surface area (Å²) in [5.41, 5.74) is 0. The molecule has 0 spiro atoms. The van der Waals surface area contributed by atoms with Crippen LogP contribution in [0, 0.1) is 0 Å². The Kier molecular flexibility index (Phi) is 5.95. The van der Waals surface area contributed by atoms with E-state index in [0.29, 0.717) is 0 Å². The van der Waals surface area contributed by atoms with E-state index < -0.39 is 0 Å². The van der Waals surface area contributed by atoms with E-state index in [1.165, 1.54) is 76.5 Å². The van der Waals surface area contributed by atoms with E-state index in [1.807, 2.05) is 6.07 Å². The van der Waals surface area contributed by atoms with Crippen LogP contribution in [0.25, 0.3) is 0 Å². The number of rotatable bonds is 5. The van der Waals surface area contributed by atoms with Gasteiger partial charge in [-0.3, -0.25) is 9.80 Å². The molecule has 0 unspecified atom stereocenters. The summed E-state index contributed by atoms with van der Waals surface area (Å²) in [7, 11) is 0. The van der Waals surface area contributed by atoms with Crippen molar-refractivity contribution in [1.82, 2.24) is 14.7 Å². The molecule has 0 saturated carbocycles. The summed E-state index contributed by atoms with van der Waals surface area (Å²) in [5.74, 6) is 0. The van der Waals surface area contributed by atoms with Crippen molar-refractivity contribution in [3.8, 4) is 0 Å². The second kappa shape index (κ2) is 7.93. The highest BCUT2D eigenvalue weighted by molar-refractivity contribution is 7.16. The van der Waals surface area contributed by atoms with Gasteiger partial charge in [-0.25, -0.2) is 0 Å². The number of halogens is 1. The second-order valence-electron chi connectivity index (χ2n) is 6.23. The van der Waals surface area contributed by atoms with Crippen LogP contribution in [-0.2, 0) is 6.54 Å². The molecule has 1 aromatic rings. The zero-order valence-corrected chi connectivity index (χ0v) is 14.3. The quantitative estimate of drug-likeness (QED) is 0.823. The topological polar surface area (TPSA) is 9.72 Å². The van der Waals surface area contributed by atoms with Gasteiger partial charge in [-0.2, -0.15) is 0 Å². The largest absolute Gasteiger partial charge is 0.302 e. The monoisotopic (exact) mass is 327 g/mol. The van der Waals surface area contributed by atoms with Crippen LogP contribution in [0.2, 0.25) is 4.34 Å². The Morgan fingerprint density at radius 3 is 2.05 bits per heavy atom. The summed E-state index contributed by atoms with van der Waals surface area (Å²) in [6.45, 7) is 11.0. The average Bonchev–Trinajstić information content (AvgIpc) is 2.93. The van der Waals surface area contributed by atoms with Gasteiger partial charge in [0.2, 0.25) is 0 Å². The van der Waals surface area contributed by atoms with Gasteiger partial charge in [-0.1, -0.05) is 18.0 Å². The van der Waals surface area contributed by atoms with Crippen molar-refractivity contribution in [2.75, 3.05) is 52.4 Å². The molecule has 2 aliphatic rings. The molecule has 0 amide bonds. The Morgan fingerprint density at radius 1 is 0.810 bits per heavy atom. The minimum Gasteiger partial charge on any atom is -0.302 e. The van der Waals surface area contributed by atoms with Gasteiger partial charge in [-0.15, -0.1) is 11.3 Å². The third-order valence-electron chi connectivity index (χ3n) is 4.65. The Labute approximate surface area is 137 Å². The molecule has 5 heteroatoms. The average molecular weight is 328 g/mol. The predicted octanol–water partition coefficient (Wildman–Crippen LogP) is 3.01. The SMILES string of the molecule is Clc1ccc(CN2CCN(CCN3CCCCC3)CC2)s1. The molecule has 3 heterocycles. The van der Waals surface area contributed by atoms with Crippen LogP contribution in [0.5, 0.6) is 0 Å². The lowest BCUT2D eigenvalue weighted by Crippen LogP contribution is -2.48. The summed E-state index contributed by atoms with van der Waals surface area (Å²) in [4.78, 5) is 9.22. The normalized spacial score (nSPS) is 22.7. The van der Waals surface area contributed by atoms with Crippen molar-refractivity contribution in [2.24, 2.45) is 0 Å². The van der Waals surface area contributed by atoms with Gasteiger partial charge in [0.1, 0.15) is 0 Å². The molecule has 2 saturated heterocycles.